The van der Waals surface area contributed by atoms with Gasteiger partial charge in [-0.3, -0.25) is 9.59 Å². The lowest BCUT2D eigenvalue weighted by atomic mass is 10.2. The molecule has 0 saturated carbocycles. The van der Waals surface area contributed by atoms with Gasteiger partial charge < -0.3 is 9.80 Å². The molecule has 1 aliphatic heterocycles. The Kier molecular flexibility index (Phi) is 5.21. The third kappa shape index (κ3) is 3.61. The molecule has 6 heteroatoms. The molecule has 1 aromatic rings. The molecular formula is C14H19BrN2O2S. The summed E-state index contributed by atoms with van der Waals surface area (Å²) in [6.45, 7) is 6.55. The molecule has 110 valence electrons. The number of hydrogen-bond acceptors (Lipinski definition) is 3. The fourth-order valence-electron chi connectivity index (χ4n) is 2.29. The standard InChI is InChI=1S/C14H19BrN2O2S/c1-10(2)13(18)16-6-3-7-17(9-8-16)14(19)11-4-5-12(15)20-11/h4-5,10H,3,6-9H2,1-2H3. The van der Waals surface area contributed by atoms with Gasteiger partial charge in [-0.1, -0.05) is 13.8 Å². The molecule has 1 fully saturated rings. The van der Waals surface area contributed by atoms with Gasteiger partial charge in [0.25, 0.3) is 5.91 Å². The highest BCUT2D eigenvalue weighted by Gasteiger charge is 2.24. The van der Waals surface area contributed by atoms with E-state index in [1.807, 2.05) is 35.8 Å². The van der Waals surface area contributed by atoms with Crippen LogP contribution in [0.1, 0.15) is 29.9 Å². The number of carbonyl (C=O) groups is 2. The Morgan fingerprint density at radius 3 is 2.40 bits per heavy atom. The zero-order valence-corrected chi connectivity index (χ0v) is 14.2. The molecule has 4 nitrogen and oxygen atoms in total. The van der Waals surface area contributed by atoms with Gasteiger partial charge in [0.05, 0.1) is 8.66 Å². The van der Waals surface area contributed by atoms with Gasteiger partial charge in [-0.05, 0) is 34.5 Å². The van der Waals surface area contributed by atoms with E-state index in [1.54, 1.807) is 0 Å². The van der Waals surface area contributed by atoms with Gasteiger partial charge in [0, 0.05) is 32.1 Å². The summed E-state index contributed by atoms with van der Waals surface area (Å²) < 4.78 is 0.965. The van der Waals surface area contributed by atoms with Crippen molar-refractivity contribution in [2.45, 2.75) is 20.3 Å². The number of carbonyl (C=O) groups excluding carboxylic acids is 2. The van der Waals surface area contributed by atoms with Gasteiger partial charge in [-0.2, -0.15) is 0 Å². The van der Waals surface area contributed by atoms with Crippen molar-refractivity contribution in [1.82, 2.24) is 9.80 Å². The summed E-state index contributed by atoms with van der Waals surface area (Å²) in [6, 6.07) is 3.74. The van der Waals surface area contributed by atoms with Gasteiger partial charge in [0.2, 0.25) is 5.91 Å². The number of thiophene rings is 1. The van der Waals surface area contributed by atoms with Crippen LogP contribution in [0.15, 0.2) is 15.9 Å². The molecule has 2 rings (SSSR count). The predicted molar refractivity (Wildman–Crippen MR) is 84.0 cm³/mol. The SMILES string of the molecule is CC(C)C(=O)N1CCCN(C(=O)c2ccc(Br)s2)CC1. The van der Waals surface area contributed by atoms with Gasteiger partial charge in [0.1, 0.15) is 0 Å². The van der Waals surface area contributed by atoms with Gasteiger partial charge in [-0.25, -0.2) is 0 Å². The number of rotatable bonds is 2. The molecule has 0 atom stereocenters. The van der Waals surface area contributed by atoms with Crippen LogP contribution >= 0.6 is 27.3 Å². The Morgan fingerprint density at radius 1 is 1.15 bits per heavy atom. The quantitative estimate of drug-likeness (QED) is 0.815. The van der Waals surface area contributed by atoms with Crippen LogP contribution in [0.3, 0.4) is 0 Å². The molecule has 0 spiro atoms. The number of hydrogen-bond donors (Lipinski definition) is 0. The molecular weight excluding hydrogens is 340 g/mol. The van der Waals surface area contributed by atoms with E-state index in [2.05, 4.69) is 15.9 Å². The molecule has 0 radical (unpaired) electrons. The molecule has 1 saturated heterocycles. The van der Waals surface area contributed by atoms with Crippen molar-refractivity contribution in [3.8, 4) is 0 Å². The Bertz CT molecular complexity index is 501. The Balaban J connectivity index is 1.99. The second-order valence-electron chi connectivity index (χ2n) is 5.23. The van der Waals surface area contributed by atoms with Gasteiger partial charge >= 0.3 is 0 Å². The number of nitrogens with zero attached hydrogens (tertiary/aromatic N) is 2. The molecule has 0 unspecified atom stereocenters. The molecule has 2 amide bonds. The van der Waals surface area contributed by atoms with Gasteiger partial charge in [0.15, 0.2) is 0 Å². The Morgan fingerprint density at radius 2 is 1.80 bits per heavy atom. The van der Waals surface area contributed by atoms with Crippen LogP contribution in [0, 0.1) is 5.92 Å². The van der Waals surface area contributed by atoms with Crippen molar-refractivity contribution in [2.75, 3.05) is 26.2 Å². The van der Waals surface area contributed by atoms with E-state index < -0.39 is 0 Å². The van der Waals surface area contributed by atoms with E-state index in [1.165, 1.54) is 11.3 Å². The second-order valence-corrected chi connectivity index (χ2v) is 7.69. The van der Waals surface area contributed by atoms with Crippen LogP contribution in [0.25, 0.3) is 0 Å². The monoisotopic (exact) mass is 358 g/mol. The summed E-state index contributed by atoms with van der Waals surface area (Å²) in [7, 11) is 0. The van der Waals surface area contributed by atoms with Crippen molar-refractivity contribution >= 4 is 39.1 Å². The molecule has 1 aliphatic rings. The van der Waals surface area contributed by atoms with Crippen molar-refractivity contribution in [1.29, 1.82) is 0 Å². The van der Waals surface area contributed by atoms with E-state index >= 15 is 0 Å². The first-order valence-corrected chi connectivity index (χ1v) is 8.43. The maximum absolute atomic E-state index is 12.4. The van der Waals surface area contributed by atoms with E-state index in [-0.39, 0.29) is 17.7 Å². The largest absolute Gasteiger partial charge is 0.341 e. The molecule has 0 aromatic carbocycles. The minimum Gasteiger partial charge on any atom is -0.341 e. The average Bonchev–Trinajstić information content (AvgIpc) is 2.71. The Hall–Kier alpha value is -0.880. The van der Waals surface area contributed by atoms with Gasteiger partial charge in [-0.15, -0.1) is 11.3 Å². The van der Waals surface area contributed by atoms with E-state index in [0.29, 0.717) is 13.1 Å². The number of halogens is 1. The predicted octanol–water partition coefficient (Wildman–Crippen LogP) is 2.84. The average molecular weight is 359 g/mol. The maximum Gasteiger partial charge on any atom is 0.264 e. The topological polar surface area (TPSA) is 40.6 Å². The van der Waals surface area contributed by atoms with Crippen molar-refractivity contribution < 1.29 is 9.59 Å². The normalized spacial score (nSPS) is 16.4. The molecule has 0 aliphatic carbocycles. The molecule has 20 heavy (non-hydrogen) atoms. The van der Waals surface area contributed by atoms with E-state index in [4.69, 9.17) is 0 Å². The third-order valence-electron chi connectivity index (χ3n) is 3.37. The first-order valence-electron chi connectivity index (χ1n) is 6.82. The molecule has 0 N–H and O–H groups in total. The Labute approximate surface area is 131 Å². The first-order chi connectivity index (χ1) is 9.49. The zero-order valence-electron chi connectivity index (χ0n) is 11.8. The summed E-state index contributed by atoms with van der Waals surface area (Å²) in [5.74, 6) is 0.267. The summed E-state index contributed by atoms with van der Waals surface area (Å²) in [6.07, 6.45) is 0.844. The summed E-state index contributed by atoms with van der Waals surface area (Å²) in [4.78, 5) is 28.9. The fraction of sp³-hybridized carbons (Fsp3) is 0.571. The van der Waals surface area contributed by atoms with Crippen molar-refractivity contribution in [3.05, 3.63) is 20.8 Å². The van der Waals surface area contributed by atoms with Crippen molar-refractivity contribution in [2.24, 2.45) is 5.92 Å². The summed E-state index contributed by atoms with van der Waals surface area (Å²) in [5, 5.41) is 0. The highest BCUT2D eigenvalue weighted by molar-refractivity contribution is 9.11. The van der Waals surface area contributed by atoms with Crippen LogP contribution in [-0.4, -0.2) is 47.8 Å². The minimum atomic E-state index is 0.0190. The lowest BCUT2D eigenvalue weighted by Gasteiger charge is -2.23. The van der Waals surface area contributed by atoms with Crippen LogP contribution in [0.2, 0.25) is 0 Å². The summed E-state index contributed by atoms with van der Waals surface area (Å²) >= 11 is 4.83. The maximum atomic E-state index is 12.4. The van der Waals surface area contributed by atoms with Crippen LogP contribution < -0.4 is 0 Å². The lowest BCUT2D eigenvalue weighted by molar-refractivity contribution is -0.134. The smallest absolute Gasteiger partial charge is 0.264 e. The van der Waals surface area contributed by atoms with Crippen LogP contribution in [-0.2, 0) is 4.79 Å². The first kappa shape index (κ1) is 15.5. The minimum absolute atomic E-state index is 0.0190. The number of amides is 2. The van der Waals surface area contributed by atoms with Crippen molar-refractivity contribution in [3.63, 3.8) is 0 Å². The highest BCUT2D eigenvalue weighted by Crippen LogP contribution is 2.23. The molecule has 2 heterocycles. The highest BCUT2D eigenvalue weighted by atomic mass is 79.9. The fourth-order valence-corrected chi connectivity index (χ4v) is 3.65. The van der Waals surface area contributed by atoms with E-state index in [9.17, 15) is 9.59 Å². The van der Waals surface area contributed by atoms with E-state index in [0.717, 1.165) is 28.2 Å². The molecule has 1 aromatic heterocycles. The second kappa shape index (κ2) is 6.72. The van der Waals surface area contributed by atoms with Crippen LogP contribution in [0.5, 0.6) is 0 Å². The zero-order chi connectivity index (χ0) is 14.7. The lowest BCUT2D eigenvalue weighted by Crippen LogP contribution is -2.38. The molecule has 0 bridgehead atoms. The summed E-state index contributed by atoms with van der Waals surface area (Å²) in [5.41, 5.74) is 0. The third-order valence-corrected chi connectivity index (χ3v) is 4.98. The van der Waals surface area contributed by atoms with Crippen LogP contribution in [0.4, 0.5) is 0 Å².